The highest BCUT2D eigenvalue weighted by Gasteiger charge is 2.13. The van der Waals surface area contributed by atoms with Gasteiger partial charge in [0.1, 0.15) is 17.5 Å². The minimum absolute atomic E-state index is 0.0198. The Morgan fingerprint density at radius 2 is 1.97 bits per heavy atom. The van der Waals surface area contributed by atoms with Crippen molar-refractivity contribution in [2.24, 2.45) is 0 Å². The number of aromatic nitrogens is 4. The molecule has 1 amide bonds. The molecule has 2 aromatic heterocycles. The van der Waals surface area contributed by atoms with Crippen molar-refractivity contribution < 1.29 is 13.6 Å². The van der Waals surface area contributed by atoms with Gasteiger partial charge in [-0.05, 0) is 55.0 Å². The number of nitrogens with zero attached hydrogens (tertiary/aromatic N) is 3. The van der Waals surface area contributed by atoms with Crippen LogP contribution in [0.4, 0.5) is 14.5 Å². The molecule has 0 saturated carbocycles. The molecule has 0 saturated heterocycles. The molecule has 0 bridgehead atoms. The fourth-order valence-corrected chi connectivity index (χ4v) is 3.84. The minimum atomic E-state index is -0.595. The van der Waals surface area contributed by atoms with Gasteiger partial charge in [-0.1, -0.05) is 12.1 Å². The topological polar surface area (TPSA) is 92.7 Å². The van der Waals surface area contributed by atoms with E-state index in [2.05, 4.69) is 20.3 Å². The number of anilines is 1. The number of imidazole rings is 1. The van der Waals surface area contributed by atoms with Crippen molar-refractivity contribution in [1.82, 2.24) is 19.5 Å². The maximum Gasteiger partial charge on any atom is 0.261 e. The summed E-state index contributed by atoms with van der Waals surface area (Å²) in [7, 11) is 0. The number of rotatable bonds is 5. The second-order valence-electron chi connectivity index (χ2n) is 7.95. The van der Waals surface area contributed by atoms with Crippen molar-refractivity contribution in [2.75, 3.05) is 5.32 Å². The first-order valence-corrected chi connectivity index (χ1v) is 10.6. The SMILES string of the molecule is Cc1cccc2c(=O)n(CCC(=O)Nc3ccc4nc(-c5cc(F)ccc5F)[nH]c4c3)cnc12. The number of hydrogen-bond acceptors (Lipinski definition) is 4. The number of benzene rings is 3. The van der Waals surface area contributed by atoms with Gasteiger partial charge in [0.05, 0.1) is 33.8 Å². The van der Waals surface area contributed by atoms with Crippen LogP contribution in [-0.4, -0.2) is 25.4 Å². The maximum atomic E-state index is 14.1. The van der Waals surface area contributed by atoms with Crippen LogP contribution in [0.15, 0.2) is 65.7 Å². The molecule has 0 radical (unpaired) electrons. The summed E-state index contributed by atoms with van der Waals surface area (Å²) in [5.74, 6) is -1.26. The third-order valence-corrected chi connectivity index (χ3v) is 5.58. The summed E-state index contributed by atoms with van der Waals surface area (Å²) in [6, 6.07) is 13.6. The van der Waals surface area contributed by atoms with E-state index in [4.69, 9.17) is 0 Å². The fourth-order valence-electron chi connectivity index (χ4n) is 3.84. The molecule has 9 heteroatoms. The van der Waals surface area contributed by atoms with Crippen molar-refractivity contribution in [1.29, 1.82) is 0 Å². The van der Waals surface area contributed by atoms with Crippen LogP contribution < -0.4 is 10.9 Å². The maximum absolute atomic E-state index is 14.1. The van der Waals surface area contributed by atoms with Gasteiger partial charge in [-0.25, -0.2) is 18.7 Å². The molecule has 34 heavy (non-hydrogen) atoms. The van der Waals surface area contributed by atoms with E-state index in [9.17, 15) is 18.4 Å². The Bertz CT molecular complexity index is 1620. The molecule has 0 aliphatic heterocycles. The number of hydrogen-bond donors (Lipinski definition) is 2. The van der Waals surface area contributed by atoms with E-state index >= 15 is 0 Å². The van der Waals surface area contributed by atoms with Crippen LogP contribution >= 0.6 is 0 Å². The summed E-state index contributed by atoms with van der Waals surface area (Å²) in [6.07, 6.45) is 1.52. The summed E-state index contributed by atoms with van der Waals surface area (Å²) in [4.78, 5) is 36.8. The Kier molecular flexibility index (Phi) is 5.37. The molecule has 5 aromatic rings. The first kappa shape index (κ1) is 21.4. The van der Waals surface area contributed by atoms with Crippen molar-refractivity contribution in [3.8, 4) is 11.4 Å². The number of aryl methyl sites for hydroxylation is 2. The predicted octanol–water partition coefficient (Wildman–Crippen LogP) is 4.56. The second kappa shape index (κ2) is 8.51. The van der Waals surface area contributed by atoms with Gasteiger partial charge < -0.3 is 10.3 Å². The van der Waals surface area contributed by atoms with Gasteiger partial charge in [-0.2, -0.15) is 0 Å². The Hall–Kier alpha value is -4.40. The molecule has 0 unspecified atom stereocenters. The number of carbonyl (C=O) groups excluding carboxylic acids is 1. The zero-order valence-corrected chi connectivity index (χ0v) is 18.1. The lowest BCUT2D eigenvalue weighted by atomic mass is 10.1. The van der Waals surface area contributed by atoms with Crippen LogP contribution in [0.25, 0.3) is 33.3 Å². The van der Waals surface area contributed by atoms with Crippen LogP contribution in [0.2, 0.25) is 0 Å². The molecule has 2 heterocycles. The number of nitrogens with one attached hydrogen (secondary N) is 2. The lowest BCUT2D eigenvalue weighted by Crippen LogP contribution is -2.23. The van der Waals surface area contributed by atoms with Gasteiger partial charge in [-0.15, -0.1) is 0 Å². The highest BCUT2D eigenvalue weighted by atomic mass is 19.1. The van der Waals surface area contributed by atoms with E-state index in [-0.39, 0.29) is 35.8 Å². The first-order valence-electron chi connectivity index (χ1n) is 10.6. The average molecular weight is 459 g/mol. The average Bonchev–Trinajstić information content (AvgIpc) is 3.24. The third-order valence-electron chi connectivity index (χ3n) is 5.58. The number of aromatic amines is 1. The zero-order valence-electron chi connectivity index (χ0n) is 18.1. The molecule has 170 valence electrons. The van der Waals surface area contributed by atoms with Crippen LogP contribution in [0.5, 0.6) is 0 Å². The summed E-state index contributed by atoms with van der Waals surface area (Å²) in [5, 5.41) is 3.30. The van der Waals surface area contributed by atoms with E-state index in [0.717, 1.165) is 23.8 Å². The zero-order chi connectivity index (χ0) is 23.8. The molecular formula is C25H19F2N5O2. The van der Waals surface area contributed by atoms with Crippen molar-refractivity contribution in [3.05, 3.63) is 88.5 Å². The molecule has 5 rings (SSSR count). The Morgan fingerprint density at radius 3 is 2.82 bits per heavy atom. The highest BCUT2D eigenvalue weighted by molar-refractivity contribution is 5.93. The Morgan fingerprint density at radius 1 is 1.12 bits per heavy atom. The summed E-state index contributed by atoms with van der Waals surface area (Å²) < 4.78 is 29.0. The van der Waals surface area contributed by atoms with Crippen LogP contribution in [0.3, 0.4) is 0 Å². The van der Waals surface area contributed by atoms with E-state index in [1.807, 2.05) is 13.0 Å². The van der Waals surface area contributed by atoms with Crippen LogP contribution in [0, 0.1) is 18.6 Å². The van der Waals surface area contributed by atoms with E-state index < -0.39 is 11.6 Å². The molecule has 0 aliphatic carbocycles. The largest absolute Gasteiger partial charge is 0.338 e. The monoisotopic (exact) mass is 459 g/mol. The molecule has 0 fully saturated rings. The fraction of sp³-hybridized carbons (Fsp3) is 0.120. The van der Waals surface area contributed by atoms with Crippen LogP contribution in [-0.2, 0) is 11.3 Å². The molecule has 0 atom stereocenters. The normalized spacial score (nSPS) is 11.3. The molecule has 2 N–H and O–H groups in total. The van der Waals surface area contributed by atoms with Gasteiger partial charge in [0.15, 0.2) is 0 Å². The predicted molar refractivity (Wildman–Crippen MR) is 125 cm³/mol. The molecular weight excluding hydrogens is 440 g/mol. The Balaban J connectivity index is 1.31. The summed E-state index contributed by atoms with van der Waals surface area (Å²) in [5.41, 5.74) is 2.99. The second-order valence-corrected chi connectivity index (χ2v) is 7.95. The van der Waals surface area contributed by atoms with E-state index in [1.54, 1.807) is 30.3 Å². The molecule has 0 aliphatic rings. The number of amides is 1. The lowest BCUT2D eigenvalue weighted by molar-refractivity contribution is -0.116. The number of halogens is 2. The molecule has 7 nitrogen and oxygen atoms in total. The summed E-state index contributed by atoms with van der Waals surface area (Å²) >= 11 is 0. The standard InChI is InChI=1S/C25H19F2N5O2/c1-14-3-2-4-17-23(14)28-13-32(25(17)34)10-9-22(33)29-16-6-8-20-21(12-16)31-24(30-20)18-11-15(26)5-7-19(18)27/h2-8,11-13H,9-10H2,1H3,(H,29,33)(H,30,31). The van der Waals surface area contributed by atoms with Crippen molar-refractivity contribution >= 4 is 33.5 Å². The van der Waals surface area contributed by atoms with Crippen molar-refractivity contribution in [3.63, 3.8) is 0 Å². The third kappa shape index (κ3) is 4.03. The molecule has 3 aromatic carbocycles. The lowest BCUT2D eigenvalue weighted by Gasteiger charge is -2.08. The smallest absolute Gasteiger partial charge is 0.261 e. The van der Waals surface area contributed by atoms with Gasteiger partial charge in [0, 0.05) is 18.7 Å². The minimum Gasteiger partial charge on any atom is -0.338 e. The summed E-state index contributed by atoms with van der Waals surface area (Å²) in [6.45, 7) is 2.07. The highest BCUT2D eigenvalue weighted by Crippen LogP contribution is 2.25. The van der Waals surface area contributed by atoms with Crippen LogP contribution in [0.1, 0.15) is 12.0 Å². The van der Waals surface area contributed by atoms with Gasteiger partial charge in [0.2, 0.25) is 5.91 Å². The van der Waals surface area contributed by atoms with Gasteiger partial charge >= 0.3 is 0 Å². The quantitative estimate of drug-likeness (QED) is 0.403. The number of para-hydroxylation sites is 1. The van der Waals surface area contributed by atoms with Gasteiger partial charge in [0.25, 0.3) is 5.56 Å². The number of fused-ring (bicyclic) bond motifs is 2. The van der Waals surface area contributed by atoms with Gasteiger partial charge in [-0.3, -0.25) is 14.2 Å². The van der Waals surface area contributed by atoms with E-state index in [1.165, 1.54) is 10.9 Å². The number of carbonyl (C=O) groups is 1. The molecule has 0 spiro atoms. The Labute approximate surface area is 192 Å². The van der Waals surface area contributed by atoms with Crippen molar-refractivity contribution in [2.45, 2.75) is 19.9 Å². The van der Waals surface area contributed by atoms with E-state index in [0.29, 0.717) is 27.6 Å². The number of H-pyrrole nitrogens is 1. The first-order chi connectivity index (χ1) is 16.4.